The number of rotatable bonds is 2. The lowest BCUT2D eigenvalue weighted by atomic mass is 10.3. The van der Waals surface area contributed by atoms with Gasteiger partial charge in [-0.05, 0) is 6.07 Å². The second-order valence-corrected chi connectivity index (χ2v) is 3.92. The first kappa shape index (κ1) is 9.10. The van der Waals surface area contributed by atoms with Gasteiger partial charge in [-0.3, -0.25) is 0 Å². The van der Waals surface area contributed by atoms with Crippen LogP contribution < -0.4 is 8.43 Å². The average Bonchev–Trinajstić information content (AvgIpc) is 2.04. The summed E-state index contributed by atoms with van der Waals surface area (Å²) in [7, 11) is 7.21. The molecule has 0 saturated heterocycles. The molecule has 0 heterocycles. The molecule has 0 radical (unpaired) electrons. The molecule has 0 N–H and O–H groups in total. The predicted molar refractivity (Wildman–Crippen MR) is 44.2 cm³/mol. The fourth-order valence-electron chi connectivity index (χ4n) is 0.829. The minimum Gasteiger partial charge on any atom is -0.499 e. The van der Waals surface area contributed by atoms with Gasteiger partial charge in [0.05, 0.1) is 12.9 Å². The Morgan fingerprint density at radius 3 is 2.82 bits per heavy atom. The SMILES string of the molecule is COc1cc(F)cc[c]1[Mg][Cl]. The molecule has 0 atom stereocenters. The number of methoxy groups -OCH3 is 1. The summed E-state index contributed by atoms with van der Waals surface area (Å²) in [6, 6.07) is 4.42. The van der Waals surface area contributed by atoms with Crippen LogP contribution in [0.1, 0.15) is 0 Å². The highest BCUT2D eigenvalue weighted by Crippen LogP contribution is 2.08. The fourth-order valence-corrected chi connectivity index (χ4v) is 2.08. The van der Waals surface area contributed by atoms with E-state index >= 15 is 0 Å². The van der Waals surface area contributed by atoms with Crippen LogP contribution in [0.15, 0.2) is 18.2 Å². The van der Waals surface area contributed by atoms with Gasteiger partial charge in [-0.15, -0.1) is 3.69 Å². The molecule has 1 nitrogen and oxygen atoms in total. The van der Waals surface area contributed by atoms with Crippen LogP contribution in [0.3, 0.4) is 0 Å². The zero-order valence-electron chi connectivity index (χ0n) is 6.10. The summed E-state index contributed by atoms with van der Waals surface area (Å²) >= 11 is -0.784. The van der Waals surface area contributed by atoms with Gasteiger partial charge in [-0.25, -0.2) is 4.39 Å². The highest BCUT2D eigenvalue weighted by Gasteiger charge is 2.04. The van der Waals surface area contributed by atoms with Crippen molar-refractivity contribution in [2.45, 2.75) is 0 Å². The van der Waals surface area contributed by atoms with E-state index in [1.54, 1.807) is 6.07 Å². The summed E-state index contributed by atoms with van der Waals surface area (Å²) in [6.07, 6.45) is 0. The van der Waals surface area contributed by atoms with Crippen molar-refractivity contribution in [1.82, 2.24) is 0 Å². The molecule has 0 spiro atoms. The molecule has 4 heteroatoms. The van der Waals surface area contributed by atoms with Crippen LogP contribution in [-0.4, -0.2) is 26.4 Å². The number of benzene rings is 1. The molecular weight excluding hydrogens is 179 g/mol. The summed E-state index contributed by atoms with van der Waals surface area (Å²) in [5.41, 5.74) is 0. The third-order valence-corrected chi connectivity index (χ3v) is 3.13. The zero-order valence-corrected chi connectivity index (χ0v) is 8.27. The molecule has 1 aromatic carbocycles. The van der Waals surface area contributed by atoms with Crippen molar-refractivity contribution in [3.63, 3.8) is 0 Å². The molecule has 1 rings (SSSR count). The second kappa shape index (κ2) is 4.14. The summed E-state index contributed by atoms with van der Waals surface area (Å²) in [5.74, 6) is 0.274. The molecule has 0 aliphatic rings. The topological polar surface area (TPSA) is 9.23 Å². The Labute approximate surface area is 78.0 Å². The Morgan fingerprint density at radius 2 is 2.27 bits per heavy atom. The second-order valence-electron chi connectivity index (χ2n) is 2.09. The highest BCUT2D eigenvalue weighted by atomic mass is 35.5. The first-order valence-corrected chi connectivity index (χ1v) is 6.01. The van der Waals surface area contributed by atoms with Gasteiger partial charge < -0.3 is 13.8 Å². The van der Waals surface area contributed by atoms with Gasteiger partial charge in [-0.1, -0.05) is 6.07 Å². The minimum absolute atomic E-state index is 0.287. The third kappa shape index (κ3) is 2.22. The van der Waals surface area contributed by atoms with Crippen LogP contribution >= 0.6 is 9.07 Å². The molecule has 1 aromatic rings. The fraction of sp³-hybridized carbons (Fsp3) is 0.143. The lowest BCUT2D eigenvalue weighted by Crippen LogP contribution is -2.12. The van der Waals surface area contributed by atoms with Gasteiger partial charge in [0, 0.05) is 6.07 Å². The number of halogens is 2. The van der Waals surface area contributed by atoms with Crippen LogP contribution in [0, 0.1) is 5.82 Å². The van der Waals surface area contributed by atoms with Gasteiger partial charge in [0.1, 0.15) is 5.82 Å². The van der Waals surface area contributed by atoms with Gasteiger partial charge in [-0.2, -0.15) is 0 Å². The number of hydrogen-bond donors (Lipinski definition) is 0. The number of ether oxygens (including phenoxy) is 1. The molecule has 0 bridgehead atoms. The van der Waals surface area contributed by atoms with Crippen LogP contribution in [0.5, 0.6) is 5.75 Å². The van der Waals surface area contributed by atoms with E-state index in [0.717, 1.165) is 3.69 Å². The summed E-state index contributed by atoms with van der Waals surface area (Å²) in [4.78, 5) is 0. The maximum absolute atomic E-state index is 12.6. The van der Waals surface area contributed by atoms with Gasteiger partial charge in [0.15, 0.2) is 0 Å². The van der Waals surface area contributed by atoms with Crippen LogP contribution in [0.25, 0.3) is 0 Å². The van der Waals surface area contributed by atoms with Crippen LogP contribution in [0.2, 0.25) is 0 Å². The van der Waals surface area contributed by atoms with E-state index in [9.17, 15) is 4.39 Å². The van der Waals surface area contributed by atoms with E-state index in [1.807, 2.05) is 0 Å². The standard InChI is InChI=1S/C7H6FO.ClH.Mg/c1-9-7-4-2-3-6(8)5-7;;/h2-3,5H,1H3;1H;/q;;+1/p-1. The highest BCUT2D eigenvalue weighted by molar-refractivity contribution is 7.01. The molecule has 0 amide bonds. The molecule has 0 saturated carbocycles. The molecule has 0 aliphatic heterocycles. The molecular formula is C7H6ClFMgO. The van der Waals surface area contributed by atoms with E-state index in [2.05, 4.69) is 0 Å². The first-order chi connectivity index (χ1) is 5.27. The quantitative estimate of drug-likeness (QED) is 0.631. The van der Waals surface area contributed by atoms with Gasteiger partial charge in [0.25, 0.3) is 0 Å². The van der Waals surface area contributed by atoms with Crippen molar-refractivity contribution in [2.75, 3.05) is 7.11 Å². The first-order valence-electron chi connectivity index (χ1n) is 3.16. The summed E-state index contributed by atoms with van der Waals surface area (Å²) in [6.45, 7) is 0. The van der Waals surface area contributed by atoms with Crippen LogP contribution in [-0.2, 0) is 0 Å². The molecule has 0 aromatic heterocycles. The minimum atomic E-state index is -0.784. The Hall–Kier alpha value is 0.00623. The maximum atomic E-state index is 12.6. The van der Waals surface area contributed by atoms with Crippen LogP contribution in [0.4, 0.5) is 4.39 Å². The largest absolute Gasteiger partial charge is 0.543 e. The van der Waals surface area contributed by atoms with Crippen molar-refractivity contribution in [2.24, 2.45) is 0 Å². The Balaban J connectivity index is 3.06. The smallest absolute Gasteiger partial charge is 0.499 e. The van der Waals surface area contributed by atoms with E-state index in [4.69, 9.17) is 13.8 Å². The normalized spacial score (nSPS) is 9.00. The molecule has 0 aliphatic carbocycles. The Kier molecular flexibility index (Phi) is 3.42. The lowest BCUT2D eigenvalue weighted by Gasteiger charge is -2.04. The van der Waals surface area contributed by atoms with Crippen molar-refractivity contribution in [3.8, 4) is 5.75 Å². The van der Waals surface area contributed by atoms with Crippen molar-refractivity contribution in [3.05, 3.63) is 24.0 Å². The Bertz CT molecular complexity index is 254. The average molecular weight is 185 g/mol. The third-order valence-electron chi connectivity index (χ3n) is 1.39. The summed E-state index contributed by atoms with van der Waals surface area (Å²) in [5, 5.41) is 0. The van der Waals surface area contributed by atoms with E-state index in [-0.39, 0.29) is 5.82 Å². The van der Waals surface area contributed by atoms with E-state index in [0.29, 0.717) is 5.75 Å². The van der Waals surface area contributed by atoms with Crippen molar-refractivity contribution >= 4 is 32.0 Å². The molecule has 56 valence electrons. The maximum Gasteiger partial charge on any atom is 0.543 e. The number of hydrogen-bond acceptors (Lipinski definition) is 1. The van der Waals surface area contributed by atoms with E-state index in [1.165, 1.54) is 19.2 Å². The lowest BCUT2D eigenvalue weighted by molar-refractivity contribution is 0.415. The van der Waals surface area contributed by atoms with Gasteiger partial charge in [0.2, 0.25) is 0 Å². The summed E-state index contributed by atoms with van der Waals surface area (Å²) < 4.78 is 18.4. The predicted octanol–water partition coefficient (Wildman–Crippen LogP) is 1.32. The molecule has 0 fully saturated rings. The van der Waals surface area contributed by atoms with E-state index < -0.39 is 19.3 Å². The van der Waals surface area contributed by atoms with Gasteiger partial charge >= 0.3 is 19.3 Å². The van der Waals surface area contributed by atoms with Crippen molar-refractivity contribution in [1.29, 1.82) is 0 Å². The van der Waals surface area contributed by atoms with Crippen molar-refractivity contribution < 1.29 is 9.13 Å². The monoisotopic (exact) mass is 184 g/mol. The molecule has 0 unspecified atom stereocenters. The Morgan fingerprint density at radius 1 is 1.55 bits per heavy atom. The molecule has 11 heavy (non-hydrogen) atoms. The zero-order chi connectivity index (χ0) is 8.27.